The number of carbonyl (C=O) groups is 2. The molecule has 8 heteroatoms. The lowest BCUT2D eigenvalue weighted by Crippen LogP contribution is -2.35. The van der Waals surface area contributed by atoms with E-state index in [9.17, 15) is 22.8 Å². The summed E-state index contributed by atoms with van der Waals surface area (Å²) in [7, 11) is 0. The van der Waals surface area contributed by atoms with E-state index in [2.05, 4.69) is 5.32 Å². The molecule has 0 aliphatic carbocycles. The summed E-state index contributed by atoms with van der Waals surface area (Å²) in [4.78, 5) is 26.8. The maximum absolute atomic E-state index is 13.6. The SMILES string of the molecule is CC(C)OCCN1C(=O)C(Nc2ccc(F)c(F)c2)=C(c2ccc(F)cc2)C1=O. The molecule has 0 spiro atoms. The van der Waals surface area contributed by atoms with Crippen molar-refractivity contribution in [3.63, 3.8) is 0 Å². The number of anilines is 1. The van der Waals surface area contributed by atoms with Crippen LogP contribution in [0.25, 0.3) is 5.57 Å². The summed E-state index contributed by atoms with van der Waals surface area (Å²) in [5.74, 6) is -3.85. The number of carbonyl (C=O) groups excluding carboxylic acids is 2. The standard InChI is InChI=1S/C21H19F3N2O3/c1-12(2)29-10-9-26-20(27)18(13-3-5-14(22)6-4-13)19(21(26)28)25-15-7-8-16(23)17(24)11-15/h3-8,11-12,25H,9-10H2,1-2H3. The van der Waals surface area contributed by atoms with Crippen LogP contribution >= 0.6 is 0 Å². The molecule has 0 unspecified atom stereocenters. The van der Waals surface area contributed by atoms with Gasteiger partial charge in [-0.05, 0) is 43.7 Å². The van der Waals surface area contributed by atoms with E-state index in [4.69, 9.17) is 4.74 Å². The molecule has 0 bridgehead atoms. The molecule has 1 N–H and O–H groups in total. The second kappa shape index (κ2) is 8.48. The second-order valence-corrected chi connectivity index (χ2v) is 6.69. The second-order valence-electron chi connectivity index (χ2n) is 6.69. The number of nitrogens with zero attached hydrogens (tertiary/aromatic N) is 1. The maximum Gasteiger partial charge on any atom is 0.278 e. The number of hydrogen-bond donors (Lipinski definition) is 1. The zero-order chi connectivity index (χ0) is 21.1. The minimum Gasteiger partial charge on any atom is -0.377 e. The van der Waals surface area contributed by atoms with Crippen LogP contribution in [0.1, 0.15) is 19.4 Å². The van der Waals surface area contributed by atoms with Crippen molar-refractivity contribution >= 4 is 23.1 Å². The molecule has 1 aliphatic heterocycles. The molecule has 3 rings (SSSR count). The first-order chi connectivity index (χ1) is 13.8. The Morgan fingerprint density at radius 3 is 2.28 bits per heavy atom. The first-order valence-electron chi connectivity index (χ1n) is 8.98. The number of imide groups is 1. The van der Waals surface area contributed by atoms with Gasteiger partial charge in [0.2, 0.25) is 0 Å². The molecular weight excluding hydrogens is 385 g/mol. The third-order valence-corrected chi connectivity index (χ3v) is 4.26. The summed E-state index contributed by atoms with van der Waals surface area (Å²) in [5.41, 5.74) is 0.337. The summed E-state index contributed by atoms with van der Waals surface area (Å²) < 4.78 is 45.5. The monoisotopic (exact) mass is 404 g/mol. The molecule has 2 amide bonds. The number of benzene rings is 2. The van der Waals surface area contributed by atoms with E-state index >= 15 is 0 Å². The molecule has 0 aromatic heterocycles. The topological polar surface area (TPSA) is 58.6 Å². The Morgan fingerprint density at radius 2 is 1.66 bits per heavy atom. The van der Waals surface area contributed by atoms with Crippen molar-refractivity contribution in [2.45, 2.75) is 20.0 Å². The lowest BCUT2D eigenvalue weighted by molar-refractivity contribution is -0.137. The van der Waals surface area contributed by atoms with Crippen LogP contribution in [0.3, 0.4) is 0 Å². The fraction of sp³-hybridized carbons (Fsp3) is 0.238. The van der Waals surface area contributed by atoms with E-state index in [0.29, 0.717) is 5.56 Å². The molecule has 0 saturated carbocycles. The van der Waals surface area contributed by atoms with Gasteiger partial charge < -0.3 is 10.1 Å². The fourth-order valence-corrected chi connectivity index (χ4v) is 2.88. The Kier molecular flexibility index (Phi) is 6.03. The van der Waals surface area contributed by atoms with Crippen LogP contribution in [0.2, 0.25) is 0 Å². The van der Waals surface area contributed by atoms with E-state index in [-0.39, 0.29) is 36.2 Å². The average Bonchev–Trinajstić information content (AvgIpc) is 2.89. The van der Waals surface area contributed by atoms with Gasteiger partial charge in [-0.3, -0.25) is 14.5 Å². The van der Waals surface area contributed by atoms with E-state index < -0.39 is 29.3 Å². The minimum atomic E-state index is -1.10. The average molecular weight is 404 g/mol. The Morgan fingerprint density at radius 1 is 0.966 bits per heavy atom. The van der Waals surface area contributed by atoms with Crippen LogP contribution in [0.15, 0.2) is 48.2 Å². The summed E-state index contributed by atoms with van der Waals surface area (Å²) in [6.07, 6.45) is -0.0767. The van der Waals surface area contributed by atoms with E-state index in [1.807, 2.05) is 13.8 Å². The molecule has 1 heterocycles. The highest BCUT2D eigenvalue weighted by molar-refractivity contribution is 6.36. The number of halogens is 3. The van der Waals surface area contributed by atoms with Crippen molar-refractivity contribution in [1.29, 1.82) is 0 Å². The van der Waals surface area contributed by atoms with Crippen molar-refractivity contribution in [1.82, 2.24) is 4.90 Å². The van der Waals surface area contributed by atoms with Gasteiger partial charge in [0.15, 0.2) is 11.6 Å². The molecule has 0 fully saturated rings. The smallest absolute Gasteiger partial charge is 0.278 e. The van der Waals surface area contributed by atoms with E-state index in [1.165, 1.54) is 30.3 Å². The number of hydrogen-bond acceptors (Lipinski definition) is 4. The Labute approximate surface area is 165 Å². The quantitative estimate of drug-likeness (QED) is 0.715. The molecule has 2 aromatic rings. The van der Waals surface area contributed by atoms with Crippen molar-refractivity contribution in [2.24, 2.45) is 0 Å². The van der Waals surface area contributed by atoms with Crippen LogP contribution < -0.4 is 5.32 Å². The van der Waals surface area contributed by atoms with Gasteiger partial charge in [0, 0.05) is 11.8 Å². The molecule has 0 saturated heterocycles. The predicted molar refractivity (Wildman–Crippen MR) is 101 cm³/mol. The van der Waals surface area contributed by atoms with E-state index in [1.54, 1.807) is 0 Å². The Hall–Kier alpha value is -3.13. The number of amides is 2. The fourth-order valence-electron chi connectivity index (χ4n) is 2.88. The summed E-state index contributed by atoms with van der Waals surface area (Å²) >= 11 is 0. The Bertz CT molecular complexity index is 972. The van der Waals surface area contributed by atoms with Crippen molar-refractivity contribution in [3.8, 4) is 0 Å². The van der Waals surface area contributed by atoms with Gasteiger partial charge in [-0.1, -0.05) is 12.1 Å². The van der Waals surface area contributed by atoms with Gasteiger partial charge in [0.1, 0.15) is 11.5 Å². The van der Waals surface area contributed by atoms with Crippen LogP contribution in [0, 0.1) is 17.5 Å². The number of rotatable bonds is 7. The number of nitrogens with one attached hydrogen (secondary N) is 1. The van der Waals surface area contributed by atoms with Crippen LogP contribution in [0.4, 0.5) is 18.9 Å². The number of ether oxygens (including phenoxy) is 1. The molecule has 0 radical (unpaired) electrons. The van der Waals surface area contributed by atoms with Crippen LogP contribution in [0.5, 0.6) is 0 Å². The zero-order valence-electron chi connectivity index (χ0n) is 15.8. The molecule has 1 aliphatic rings. The Balaban J connectivity index is 1.97. The lowest BCUT2D eigenvalue weighted by Gasteiger charge is -2.16. The van der Waals surface area contributed by atoms with Crippen molar-refractivity contribution in [3.05, 3.63) is 71.2 Å². The lowest BCUT2D eigenvalue weighted by atomic mass is 10.0. The van der Waals surface area contributed by atoms with E-state index in [0.717, 1.165) is 17.0 Å². The third kappa shape index (κ3) is 4.48. The molecule has 29 heavy (non-hydrogen) atoms. The minimum absolute atomic E-state index is 0.0174. The highest BCUT2D eigenvalue weighted by Crippen LogP contribution is 2.30. The van der Waals surface area contributed by atoms with Crippen LogP contribution in [-0.2, 0) is 14.3 Å². The summed E-state index contributed by atoms with van der Waals surface area (Å²) in [6, 6.07) is 8.11. The molecular formula is C21H19F3N2O3. The third-order valence-electron chi connectivity index (χ3n) is 4.26. The first-order valence-corrected chi connectivity index (χ1v) is 8.98. The molecule has 2 aromatic carbocycles. The largest absolute Gasteiger partial charge is 0.377 e. The van der Waals surface area contributed by atoms with Gasteiger partial charge in [0.05, 0.1) is 24.8 Å². The van der Waals surface area contributed by atoms with Crippen LogP contribution in [-0.4, -0.2) is 36.0 Å². The summed E-state index contributed by atoms with van der Waals surface area (Å²) in [6.45, 7) is 3.81. The van der Waals surface area contributed by atoms with Crippen molar-refractivity contribution < 1.29 is 27.5 Å². The highest BCUT2D eigenvalue weighted by Gasteiger charge is 2.39. The van der Waals surface area contributed by atoms with Gasteiger partial charge in [-0.2, -0.15) is 0 Å². The normalized spacial score (nSPS) is 14.3. The maximum atomic E-state index is 13.6. The predicted octanol–water partition coefficient (Wildman–Crippen LogP) is 3.72. The van der Waals surface area contributed by atoms with Crippen molar-refractivity contribution in [2.75, 3.05) is 18.5 Å². The molecule has 5 nitrogen and oxygen atoms in total. The molecule has 152 valence electrons. The summed E-state index contributed by atoms with van der Waals surface area (Å²) in [5, 5.41) is 2.71. The zero-order valence-corrected chi connectivity index (χ0v) is 15.8. The highest BCUT2D eigenvalue weighted by atomic mass is 19.2. The van der Waals surface area contributed by atoms with Gasteiger partial charge in [-0.25, -0.2) is 13.2 Å². The van der Waals surface area contributed by atoms with Gasteiger partial charge >= 0.3 is 0 Å². The first kappa shape index (κ1) is 20.6. The molecule has 0 atom stereocenters. The van der Waals surface area contributed by atoms with Gasteiger partial charge in [-0.15, -0.1) is 0 Å². The van der Waals surface area contributed by atoms with Gasteiger partial charge in [0.25, 0.3) is 11.8 Å².